The van der Waals surface area contributed by atoms with Crippen molar-refractivity contribution in [1.29, 1.82) is 0 Å². The molecule has 28 heavy (non-hydrogen) atoms. The maximum atomic E-state index is 13.2. The van der Waals surface area contributed by atoms with Gasteiger partial charge in [-0.05, 0) is 37.1 Å². The summed E-state index contributed by atoms with van der Waals surface area (Å²) >= 11 is 1.32. The monoisotopic (exact) mass is 401 g/mol. The second-order valence-electron chi connectivity index (χ2n) is 6.51. The van der Waals surface area contributed by atoms with E-state index < -0.39 is 0 Å². The fourth-order valence-electron chi connectivity index (χ4n) is 3.40. The molecule has 1 saturated heterocycles. The van der Waals surface area contributed by atoms with E-state index in [0.717, 1.165) is 27.2 Å². The number of nitrogens with zero attached hydrogens (tertiary/aromatic N) is 3. The van der Waals surface area contributed by atoms with Crippen LogP contribution in [0.5, 0.6) is 0 Å². The highest BCUT2D eigenvalue weighted by molar-refractivity contribution is 7.20. The van der Waals surface area contributed by atoms with E-state index >= 15 is 0 Å². The predicted molar refractivity (Wildman–Crippen MR) is 105 cm³/mol. The third-order valence-corrected chi connectivity index (χ3v) is 5.96. The minimum atomic E-state index is -0.333. The van der Waals surface area contributed by atoms with Crippen LogP contribution < -0.4 is 4.90 Å². The molecule has 0 saturated carbocycles. The fourth-order valence-corrected chi connectivity index (χ4v) is 4.44. The minimum Gasteiger partial charge on any atom is -0.462 e. The number of rotatable bonds is 4. The molecule has 1 aliphatic rings. The molecule has 146 valence electrons. The molecule has 0 bridgehead atoms. The average Bonchev–Trinajstić information content (AvgIpc) is 3.06. The van der Waals surface area contributed by atoms with Gasteiger partial charge in [0.25, 0.3) is 0 Å². The Balaban J connectivity index is 1.68. The van der Waals surface area contributed by atoms with E-state index in [4.69, 9.17) is 9.47 Å². The van der Waals surface area contributed by atoms with Crippen LogP contribution in [0.15, 0.2) is 30.6 Å². The Morgan fingerprint density at radius 1 is 1.36 bits per heavy atom. The van der Waals surface area contributed by atoms with Crippen LogP contribution in [-0.4, -0.2) is 42.2 Å². The van der Waals surface area contributed by atoms with E-state index in [1.807, 2.05) is 6.92 Å². The van der Waals surface area contributed by atoms with Crippen molar-refractivity contribution < 1.29 is 18.7 Å². The number of esters is 1. The Labute approximate surface area is 165 Å². The molecular formula is C20H20FN3O3S. The number of hydrogen-bond acceptors (Lipinski definition) is 7. The lowest BCUT2D eigenvalue weighted by molar-refractivity contribution is 0.0396. The van der Waals surface area contributed by atoms with E-state index in [0.29, 0.717) is 31.2 Å². The number of aromatic nitrogens is 2. The first-order valence-electron chi connectivity index (χ1n) is 9.11. The van der Waals surface area contributed by atoms with Crippen LogP contribution in [0, 0.1) is 12.7 Å². The van der Waals surface area contributed by atoms with Gasteiger partial charge in [0.15, 0.2) is 0 Å². The van der Waals surface area contributed by atoms with Crippen molar-refractivity contribution in [3.8, 4) is 0 Å². The molecular weight excluding hydrogens is 381 g/mol. The molecule has 0 radical (unpaired) electrons. The van der Waals surface area contributed by atoms with E-state index in [9.17, 15) is 9.18 Å². The van der Waals surface area contributed by atoms with Gasteiger partial charge in [0.2, 0.25) is 0 Å². The zero-order valence-electron chi connectivity index (χ0n) is 15.6. The Hall–Kier alpha value is -2.58. The molecule has 1 fully saturated rings. The highest BCUT2D eigenvalue weighted by atomic mass is 32.1. The van der Waals surface area contributed by atoms with E-state index in [1.54, 1.807) is 19.1 Å². The number of halogens is 1. The predicted octanol–water partition coefficient (Wildman–Crippen LogP) is 3.89. The normalized spacial score (nSPS) is 17.1. The van der Waals surface area contributed by atoms with Crippen molar-refractivity contribution in [1.82, 2.24) is 9.97 Å². The molecule has 0 N–H and O–H groups in total. The second kappa shape index (κ2) is 7.81. The molecule has 0 unspecified atom stereocenters. The Morgan fingerprint density at radius 2 is 2.14 bits per heavy atom. The maximum Gasteiger partial charge on any atom is 0.348 e. The maximum absolute atomic E-state index is 13.2. The summed E-state index contributed by atoms with van der Waals surface area (Å²) in [6.45, 7) is 5.80. The Morgan fingerprint density at radius 3 is 2.89 bits per heavy atom. The number of fused-ring (bicyclic) bond motifs is 1. The number of carbonyl (C=O) groups is 1. The van der Waals surface area contributed by atoms with E-state index in [-0.39, 0.29) is 17.9 Å². The summed E-state index contributed by atoms with van der Waals surface area (Å²) in [6, 6.07) is 6.37. The zero-order chi connectivity index (χ0) is 19.7. The van der Waals surface area contributed by atoms with Crippen LogP contribution in [0.3, 0.4) is 0 Å². The zero-order valence-corrected chi connectivity index (χ0v) is 16.5. The van der Waals surface area contributed by atoms with Gasteiger partial charge in [-0.15, -0.1) is 11.3 Å². The lowest BCUT2D eigenvalue weighted by Crippen LogP contribution is -2.39. The van der Waals surface area contributed by atoms with Crippen molar-refractivity contribution in [2.24, 2.45) is 0 Å². The number of ether oxygens (including phenoxy) is 2. The largest absolute Gasteiger partial charge is 0.462 e. The van der Waals surface area contributed by atoms with Crippen molar-refractivity contribution in [2.75, 3.05) is 31.2 Å². The Bertz CT molecular complexity index is 1010. The van der Waals surface area contributed by atoms with Gasteiger partial charge in [0.1, 0.15) is 33.8 Å². The molecule has 1 aromatic carbocycles. The van der Waals surface area contributed by atoms with Crippen LogP contribution in [0.2, 0.25) is 0 Å². The van der Waals surface area contributed by atoms with E-state index in [2.05, 4.69) is 14.9 Å². The van der Waals surface area contributed by atoms with Crippen LogP contribution in [-0.2, 0) is 9.47 Å². The highest BCUT2D eigenvalue weighted by Crippen LogP contribution is 2.36. The summed E-state index contributed by atoms with van der Waals surface area (Å²) < 4.78 is 24.3. The van der Waals surface area contributed by atoms with Gasteiger partial charge in [0.05, 0.1) is 18.6 Å². The first kappa shape index (κ1) is 18.8. The highest BCUT2D eigenvalue weighted by Gasteiger charge is 2.27. The number of aryl methyl sites for hydroxylation is 1. The summed E-state index contributed by atoms with van der Waals surface area (Å²) in [5, 5.41) is 0.871. The topological polar surface area (TPSA) is 64.5 Å². The van der Waals surface area contributed by atoms with Gasteiger partial charge in [-0.25, -0.2) is 19.2 Å². The Kier molecular flexibility index (Phi) is 5.23. The summed E-state index contributed by atoms with van der Waals surface area (Å²) in [6.07, 6.45) is 1.34. The molecule has 6 nitrogen and oxygen atoms in total. The third-order valence-electron chi connectivity index (χ3n) is 4.78. The fraction of sp³-hybridized carbons (Fsp3) is 0.350. The summed E-state index contributed by atoms with van der Waals surface area (Å²) in [7, 11) is 0. The molecule has 8 heteroatoms. The summed E-state index contributed by atoms with van der Waals surface area (Å²) in [4.78, 5) is 24.6. The first-order valence-corrected chi connectivity index (χ1v) is 9.93. The molecule has 2 aromatic heterocycles. The molecule has 3 aromatic rings. The molecule has 1 aliphatic heterocycles. The third kappa shape index (κ3) is 3.45. The minimum absolute atomic E-state index is 0.178. The van der Waals surface area contributed by atoms with Crippen LogP contribution in [0.25, 0.3) is 10.2 Å². The quantitative estimate of drug-likeness (QED) is 0.618. The van der Waals surface area contributed by atoms with Gasteiger partial charge in [-0.1, -0.05) is 12.1 Å². The van der Waals surface area contributed by atoms with Crippen LogP contribution in [0.1, 0.15) is 33.8 Å². The van der Waals surface area contributed by atoms with Crippen molar-refractivity contribution in [3.05, 3.63) is 52.4 Å². The van der Waals surface area contributed by atoms with Gasteiger partial charge >= 0.3 is 5.97 Å². The molecule has 0 aliphatic carbocycles. The average molecular weight is 401 g/mol. The number of hydrogen-bond donors (Lipinski definition) is 0. The van der Waals surface area contributed by atoms with E-state index in [1.165, 1.54) is 29.8 Å². The number of anilines is 1. The molecule has 4 rings (SSSR count). The number of benzene rings is 1. The first-order chi connectivity index (χ1) is 13.6. The molecule has 1 atom stereocenters. The van der Waals surface area contributed by atoms with Crippen molar-refractivity contribution in [2.45, 2.75) is 20.0 Å². The lowest BCUT2D eigenvalue weighted by atomic mass is 10.1. The number of carbonyl (C=O) groups excluding carboxylic acids is 1. The summed E-state index contributed by atoms with van der Waals surface area (Å²) in [5.41, 5.74) is 1.75. The standard InChI is InChI=1S/C20H20FN3O3S/c1-3-26-20(25)17-12(2)16-18(22-11-23-19(16)28-17)24-8-9-27-15(10-24)13-4-6-14(21)7-5-13/h4-7,11,15H,3,8-10H2,1-2H3/t15-/m0/s1. The molecule has 3 heterocycles. The lowest BCUT2D eigenvalue weighted by Gasteiger charge is -2.34. The molecule has 0 spiro atoms. The van der Waals surface area contributed by atoms with Gasteiger partial charge in [0, 0.05) is 13.1 Å². The molecule has 0 amide bonds. The number of thiophene rings is 1. The SMILES string of the molecule is CCOC(=O)c1sc2ncnc(N3CCO[C@H](c4ccc(F)cc4)C3)c2c1C. The van der Waals surface area contributed by atoms with Crippen molar-refractivity contribution >= 4 is 33.3 Å². The smallest absolute Gasteiger partial charge is 0.348 e. The van der Waals surface area contributed by atoms with Gasteiger partial charge in [-0.2, -0.15) is 0 Å². The van der Waals surface area contributed by atoms with Crippen molar-refractivity contribution in [3.63, 3.8) is 0 Å². The van der Waals surface area contributed by atoms with Gasteiger partial charge in [-0.3, -0.25) is 0 Å². The number of morpholine rings is 1. The van der Waals surface area contributed by atoms with Crippen LogP contribution >= 0.6 is 11.3 Å². The van der Waals surface area contributed by atoms with Crippen LogP contribution in [0.4, 0.5) is 10.2 Å². The second-order valence-corrected chi connectivity index (χ2v) is 7.51. The van der Waals surface area contributed by atoms with Gasteiger partial charge < -0.3 is 14.4 Å². The summed E-state index contributed by atoms with van der Waals surface area (Å²) in [5.74, 6) is 0.180.